The molecular formula is C16H26N2. The van der Waals surface area contributed by atoms with Crippen molar-refractivity contribution >= 4 is 0 Å². The maximum absolute atomic E-state index is 3.61. The molecule has 1 aromatic rings. The summed E-state index contributed by atoms with van der Waals surface area (Å²) in [5.41, 5.74) is 2.87. The lowest BCUT2D eigenvalue weighted by atomic mass is 10.1. The third kappa shape index (κ3) is 3.33. The van der Waals surface area contributed by atoms with Gasteiger partial charge in [0.05, 0.1) is 0 Å². The van der Waals surface area contributed by atoms with E-state index in [-0.39, 0.29) is 0 Å². The number of nitrogens with zero attached hydrogens (tertiary/aromatic N) is 1. The number of aryl methyl sites for hydroxylation is 1. The first kappa shape index (κ1) is 13.6. The molecule has 0 amide bonds. The third-order valence-corrected chi connectivity index (χ3v) is 4.09. The molecular weight excluding hydrogens is 220 g/mol. The summed E-state index contributed by atoms with van der Waals surface area (Å²) in [5.74, 6) is 0. The Kier molecular flexibility index (Phi) is 4.79. The van der Waals surface area contributed by atoms with Gasteiger partial charge in [-0.3, -0.25) is 4.90 Å². The standard InChI is InChI=1S/C16H26N2/c1-4-14-6-8-15(9-7-14)11-18-12-16(5-2)17-10-13(18)3/h6-9,13,16-17H,4-5,10-12H2,1-3H3. The van der Waals surface area contributed by atoms with Crippen LogP contribution in [0, 0.1) is 0 Å². The number of rotatable bonds is 4. The Morgan fingerprint density at radius 2 is 1.83 bits per heavy atom. The summed E-state index contributed by atoms with van der Waals surface area (Å²) in [6.45, 7) is 10.2. The van der Waals surface area contributed by atoms with Crippen LogP contribution in [-0.2, 0) is 13.0 Å². The van der Waals surface area contributed by atoms with Crippen LogP contribution >= 0.6 is 0 Å². The summed E-state index contributed by atoms with van der Waals surface area (Å²) in [5, 5.41) is 3.61. The van der Waals surface area contributed by atoms with Gasteiger partial charge in [-0.15, -0.1) is 0 Å². The van der Waals surface area contributed by atoms with Crippen molar-refractivity contribution in [3.8, 4) is 0 Å². The Morgan fingerprint density at radius 3 is 2.44 bits per heavy atom. The van der Waals surface area contributed by atoms with E-state index in [4.69, 9.17) is 0 Å². The summed E-state index contributed by atoms with van der Waals surface area (Å²) in [6, 6.07) is 10.4. The maximum atomic E-state index is 3.61. The van der Waals surface area contributed by atoms with E-state index in [0.29, 0.717) is 12.1 Å². The summed E-state index contributed by atoms with van der Waals surface area (Å²) in [7, 11) is 0. The van der Waals surface area contributed by atoms with Crippen molar-refractivity contribution in [3.63, 3.8) is 0 Å². The zero-order chi connectivity index (χ0) is 13.0. The van der Waals surface area contributed by atoms with Crippen molar-refractivity contribution in [1.29, 1.82) is 0 Å². The van der Waals surface area contributed by atoms with Crippen LogP contribution in [0.2, 0.25) is 0 Å². The molecule has 2 rings (SSSR count). The SMILES string of the molecule is CCc1ccc(CN2CC(CC)NCC2C)cc1. The summed E-state index contributed by atoms with van der Waals surface area (Å²) in [4.78, 5) is 2.60. The predicted molar refractivity (Wildman–Crippen MR) is 77.8 cm³/mol. The Bertz CT molecular complexity index is 358. The summed E-state index contributed by atoms with van der Waals surface area (Å²) in [6.07, 6.45) is 2.35. The smallest absolute Gasteiger partial charge is 0.0237 e. The van der Waals surface area contributed by atoms with Crippen molar-refractivity contribution in [2.75, 3.05) is 13.1 Å². The fourth-order valence-corrected chi connectivity index (χ4v) is 2.60. The van der Waals surface area contributed by atoms with Crippen LogP contribution in [0.15, 0.2) is 24.3 Å². The van der Waals surface area contributed by atoms with Gasteiger partial charge in [-0.05, 0) is 30.9 Å². The lowest BCUT2D eigenvalue weighted by molar-refractivity contribution is 0.131. The second kappa shape index (κ2) is 6.35. The Morgan fingerprint density at radius 1 is 1.17 bits per heavy atom. The van der Waals surface area contributed by atoms with Gasteiger partial charge in [0.25, 0.3) is 0 Å². The zero-order valence-corrected chi connectivity index (χ0v) is 11.9. The Hall–Kier alpha value is -0.860. The molecule has 1 N–H and O–H groups in total. The van der Waals surface area contributed by atoms with Gasteiger partial charge in [-0.25, -0.2) is 0 Å². The van der Waals surface area contributed by atoms with E-state index in [9.17, 15) is 0 Å². The lowest BCUT2D eigenvalue weighted by Crippen LogP contribution is -2.54. The molecule has 2 nitrogen and oxygen atoms in total. The van der Waals surface area contributed by atoms with E-state index in [2.05, 4.69) is 55.3 Å². The van der Waals surface area contributed by atoms with Crippen LogP contribution in [0.1, 0.15) is 38.3 Å². The molecule has 1 aliphatic rings. The van der Waals surface area contributed by atoms with E-state index < -0.39 is 0 Å². The van der Waals surface area contributed by atoms with Crippen LogP contribution < -0.4 is 5.32 Å². The molecule has 0 aliphatic carbocycles. The molecule has 0 radical (unpaired) electrons. The van der Waals surface area contributed by atoms with E-state index in [1.807, 2.05) is 0 Å². The second-order valence-corrected chi connectivity index (χ2v) is 5.46. The molecule has 1 aromatic carbocycles. The minimum atomic E-state index is 0.638. The molecule has 1 aliphatic heterocycles. The monoisotopic (exact) mass is 246 g/mol. The van der Waals surface area contributed by atoms with Gasteiger partial charge < -0.3 is 5.32 Å². The number of nitrogens with one attached hydrogen (secondary N) is 1. The third-order valence-electron chi connectivity index (χ3n) is 4.09. The molecule has 1 saturated heterocycles. The molecule has 18 heavy (non-hydrogen) atoms. The maximum Gasteiger partial charge on any atom is 0.0237 e. The van der Waals surface area contributed by atoms with Crippen LogP contribution in [0.25, 0.3) is 0 Å². The van der Waals surface area contributed by atoms with Gasteiger partial charge in [0, 0.05) is 31.7 Å². The minimum absolute atomic E-state index is 0.638. The van der Waals surface area contributed by atoms with Crippen LogP contribution in [0.5, 0.6) is 0 Å². The first-order valence-electron chi connectivity index (χ1n) is 7.28. The molecule has 1 fully saturated rings. The fraction of sp³-hybridized carbons (Fsp3) is 0.625. The molecule has 0 spiro atoms. The number of hydrogen-bond donors (Lipinski definition) is 1. The van der Waals surface area contributed by atoms with Gasteiger partial charge in [0.15, 0.2) is 0 Å². The first-order valence-corrected chi connectivity index (χ1v) is 7.28. The van der Waals surface area contributed by atoms with Gasteiger partial charge in [0.2, 0.25) is 0 Å². The van der Waals surface area contributed by atoms with Crippen LogP contribution in [0.4, 0.5) is 0 Å². The Labute approximate surface area is 111 Å². The number of piperazine rings is 1. The molecule has 2 heteroatoms. The largest absolute Gasteiger partial charge is 0.311 e. The number of benzene rings is 1. The van der Waals surface area contributed by atoms with E-state index in [1.54, 1.807) is 0 Å². The average Bonchev–Trinajstić information content (AvgIpc) is 2.42. The number of hydrogen-bond acceptors (Lipinski definition) is 2. The topological polar surface area (TPSA) is 15.3 Å². The first-order chi connectivity index (χ1) is 8.72. The highest BCUT2D eigenvalue weighted by Gasteiger charge is 2.23. The molecule has 0 bridgehead atoms. The van der Waals surface area contributed by atoms with Crippen molar-refractivity contribution in [1.82, 2.24) is 10.2 Å². The van der Waals surface area contributed by atoms with E-state index in [0.717, 1.165) is 19.5 Å². The highest BCUT2D eigenvalue weighted by Crippen LogP contribution is 2.14. The van der Waals surface area contributed by atoms with Crippen molar-refractivity contribution in [2.24, 2.45) is 0 Å². The summed E-state index contributed by atoms with van der Waals surface area (Å²) < 4.78 is 0. The van der Waals surface area contributed by atoms with Crippen molar-refractivity contribution < 1.29 is 0 Å². The minimum Gasteiger partial charge on any atom is -0.311 e. The molecule has 2 atom stereocenters. The van der Waals surface area contributed by atoms with E-state index in [1.165, 1.54) is 24.1 Å². The van der Waals surface area contributed by atoms with Crippen molar-refractivity contribution in [2.45, 2.75) is 52.2 Å². The quantitative estimate of drug-likeness (QED) is 0.879. The highest BCUT2D eigenvalue weighted by atomic mass is 15.2. The van der Waals surface area contributed by atoms with Gasteiger partial charge >= 0.3 is 0 Å². The van der Waals surface area contributed by atoms with Gasteiger partial charge in [0.1, 0.15) is 0 Å². The zero-order valence-electron chi connectivity index (χ0n) is 11.9. The molecule has 100 valence electrons. The van der Waals surface area contributed by atoms with Crippen LogP contribution in [0.3, 0.4) is 0 Å². The Balaban J connectivity index is 1.97. The molecule has 0 saturated carbocycles. The van der Waals surface area contributed by atoms with E-state index >= 15 is 0 Å². The predicted octanol–water partition coefficient (Wildman–Crippen LogP) is 2.82. The summed E-state index contributed by atoms with van der Waals surface area (Å²) >= 11 is 0. The second-order valence-electron chi connectivity index (χ2n) is 5.46. The lowest BCUT2D eigenvalue weighted by Gasteiger charge is -2.38. The van der Waals surface area contributed by atoms with Gasteiger partial charge in [-0.1, -0.05) is 38.1 Å². The van der Waals surface area contributed by atoms with Crippen LogP contribution in [-0.4, -0.2) is 30.1 Å². The van der Waals surface area contributed by atoms with Crippen molar-refractivity contribution in [3.05, 3.63) is 35.4 Å². The molecule has 1 heterocycles. The normalized spacial score (nSPS) is 25.3. The highest BCUT2D eigenvalue weighted by molar-refractivity contribution is 5.22. The molecule has 0 aromatic heterocycles. The molecule has 2 unspecified atom stereocenters. The average molecular weight is 246 g/mol. The fourth-order valence-electron chi connectivity index (χ4n) is 2.60. The van der Waals surface area contributed by atoms with Gasteiger partial charge in [-0.2, -0.15) is 0 Å².